The molecule has 19 heavy (non-hydrogen) atoms. The largest absolute Gasteiger partial charge is 0.383 e. The van der Waals surface area contributed by atoms with Crippen LogP contribution in [0.2, 0.25) is 0 Å². The number of methoxy groups -OCH3 is 1. The second-order valence-electron chi connectivity index (χ2n) is 3.96. The smallest absolute Gasteiger partial charge is 0.116 e. The van der Waals surface area contributed by atoms with Gasteiger partial charge in [0.1, 0.15) is 11.4 Å². The molecule has 0 aliphatic rings. The maximum absolute atomic E-state index is 4.99. The van der Waals surface area contributed by atoms with Gasteiger partial charge < -0.3 is 10.1 Å². The molecule has 100 valence electrons. The maximum Gasteiger partial charge on any atom is 0.116 e. The van der Waals surface area contributed by atoms with Crippen LogP contribution in [-0.4, -0.2) is 30.2 Å². The first kappa shape index (κ1) is 14.0. The lowest BCUT2D eigenvalue weighted by molar-refractivity contribution is 0.199. The quantitative estimate of drug-likeness (QED) is 0.621. The summed E-state index contributed by atoms with van der Waals surface area (Å²) in [5.74, 6) is 0. The fraction of sp³-hybridized carbons (Fsp3) is 0.286. The SMILES string of the molecule is COCCNCc1ccc(Sc2ccncn2)cc1. The van der Waals surface area contributed by atoms with Gasteiger partial charge in [-0.1, -0.05) is 23.9 Å². The fourth-order valence-electron chi connectivity index (χ4n) is 1.54. The van der Waals surface area contributed by atoms with Crippen molar-refractivity contribution in [2.75, 3.05) is 20.3 Å². The highest BCUT2D eigenvalue weighted by Crippen LogP contribution is 2.25. The fourth-order valence-corrected chi connectivity index (χ4v) is 2.28. The zero-order chi connectivity index (χ0) is 13.3. The average molecular weight is 275 g/mol. The first-order chi connectivity index (χ1) is 9.38. The number of rotatable bonds is 7. The summed E-state index contributed by atoms with van der Waals surface area (Å²) < 4.78 is 4.99. The molecule has 4 nitrogen and oxygen atoms in total. The van der Waals surface area contributed by atoms with Crippen molar-refractivity contribution in [2.45, 2.75) is 16.5 Å². The molecule has 0 saturated carbocycles. The van der Waals surface area contributed by atoms with Crippen LogP contribution in [0.4, 0.5) is 0 Å². The molecular weight excluding hydrogens is 258 g/mol. The lowest BCUT2D eigenvalue weighted by Gasteiger charge is -2.05. The Balaban J connectivity index is 1.84. The minimum Gasteiger partial charge on any atom is -0.383 e. The Morgan fingerprint density at radius 2 is 2.05 bits per heavy atom. The summed E-state index contributed by atoms with van der Waals surface area (Å²) in [6.07, 6.45) is 3.32. The van der Waals surface area contributed by atoms with Crippen LogP contribution in [0.3, 0.4) is 0 Å². The first-order valence-corrected chi connectivity index (χ1v) is 6.92. The molecule has 0 radical (unpaired) electrons. The van der Waals surface area contributed by atoms with Crippen molar-refractivity contribution < 1.29 is 4.74 Å². The number of benzene rings is 1. The molecule has 5 heteroatoms. The van der Waals surface area contributed by atoms with Crippen LogP contribution in [0.5, 0.6) is 0 Å². The van der Waals surface area contributed by atoms with E-state index < -0.39 is 0 Å². The van der Waals surface area contributed by atoms with E-state index in [0.29, 0.717) is 0 Å². The van der Waals surface area contributed by atoms with Gasteiger partial charge in [0.05, 0.1) is 6.61 Å². The van der Waals surface area contributed by atoms with Gasteiger partial charge in [-0.3, -0.25) is 0 Å². The molecule has 0 fully saturated rings. The summed E-state index contributed by atoms with van der Waals surface area (Å²) in [6.45, 7) is 2.47. The van der Waals surface area contributed by atoms with Gasteiger partial charge in [0.15, 0.2) is 0 Å². The van der Waals surface area contributed by atoms with Gasteiger partial charge in [-0.25, -0.2) is 9.97 Å². The Labute approximate surface area is 117 Å². The van der Waals surface area contributed by atoms with Crippen LogP contribution in [-0.2, 0) is 11.3 Å². The lowest BCUT2D eigenvalue weighted by atomic mass is 10.2. The molecule has 0 aliphatic carbocycles. The second kappa shape index (κ2) is 7.89. The van der Waals surface area contributed by atoms with E-state index in [-0.39, 0.29) is 0 Å². The number of aromatic nitrogens is 2. The summed E-state index contributed by atoms with van der Waals surface area (Å²) in [7, 11) is 1.71. The van der Waals surface area contributed by atoms with E-state index in [2.05, 4.69) is 39.6 Å². The van der Waals surface area contributed by atoms with Gasteiger partial charge in [-0.15, -0.1) is 0 Å². The Morgan fingerprint density at radius 1 is 1.21 bits per heavy atom. The Morgan fingerprint density at radius 3 is 2.74 bits per heavy atom. The Kier molecular flexibility index (Phi) is 5.81. The monoisotopic (exact) mass is 275 g/mol. The molecule has 1 N–H and O–H groups in total. The molecule has 0 aliphatic heterocycles. The number of nitrogens with one attached hydrogen (secondary N) is 1. The van der Waals surface area contributed by atoms with Crippen LogP contribution in [0, 0.1) is 0 Å². The van der Waals surface area contributed by atoms with E-state index >= 15 is 0 Å². The van der Waals surface area contributed by atoms with E-state index in [1.165, 1.54) is 10.5 Å². The molecule has 1 heterocycles. The maximum atomic E-state index is 4.99. The molecule has 0 atom stereocenters. The third-order valence-electron chi connectivity index (χ3n) is 2.51. The molecule has 0 bridgehead atoms. The molecule has 1 aromatic heterocycles. The van der Waals surface area contributed by atoms with Crippen LogP contribution in [0.25, 0.3) is 0 Å². The van der Waals surface area contributed by atoms with Gasteiger partial charge >= 0.3 is 0 Å². The highest BCUT2D eigenvalue weighted by atomic mass is 32.2. The van der Waals surface area contributed by atoms with E-state index in [9.17, 15) is 0 Å². The third-order valence-corrected chi connectivity index (χ3v) is 3.47. The summed E-state index contributed by atoms with van der Waals surface area (Å²) in [6, 6.07) is 10.4. The van der Waals surface area contributed by atoms with E-state index in [1.54, 1.807) is 31.4 Å². The zero-order valence-corrected chi connectivity index (χ0v) is 11.7. The number of nitrogens with zero attached hydrogens (tertiary/aromatic N) is 2. The highest BCUT2D eigenvalue weighted by Gasteiger charge is 1.98. The van der Waals surface area contributed by atoms with Crippen LogP contribution in [0.15, 0.2) is 52.8 Å². The van der Waals surface area contributed by atoms with Crippen molar-refractivity contribution >= 4 is 11.8 Å². The van der Waals surface area contributed by atoms with Crippen molar-refractivity contribution in [2.24, 2.45) is 0 Å². The molecule has 2 aromatic rings. The van der Waals surface area contributed by atoms with Crippen molar-refractivity contribution in [1.82, 2.24) is 15.3 Å². The topological polar surface area (TPSA) is 47.0 Å². The second-order valence-corrected chi connectivity index (χ2v) is 5.06. The Bertz CT molecular complexity index is 476. The summed E-state index contributed by atoms with van der Waals surface area (Å²) >= 11 is 1.64. The number of ether oxygens (including phenoxy) is 1. The van der Waals surface area contributed by atoms with Crippen molar-refractivity contribution in [3.05, 3.63) is 48.4 Å². The molecule has 0 saturated heterocycles. The van der Waals surface area contributed by atoms with Gasteiger partial charge in [-0.2, -0.15) is 0 Å². The van der Waals surface area contributed by atoms with Crippen LogP contribution in [0.1, 0.15) is 5.56 Å². The minimum absolute atomic E-state index is 0.738. The normalized spacial score (nSPS) is 10.6. The molecule has 0 spiro atoms. The van der Waals surface area contributed by atoms with E-state index in [1.807, 2.05) is 6.07 Å². The first-order valence-electron chi connectivity index (χ1n) is 6.11. The van der Waals surface area contributed by atoms with Crippen molar-refractivity contribution in [3.63, 3.8) is 0 Å². The van der Waals surface area contributed by atoms with Gasteiger partial charge in [-0.05, 0) is 23.8 Å². The van der Waals surface area contributed by atoms with Crippen molar-refractivity contribution in [3.8, 4) is 0 Å². The number of hydrogen-bond donors (Lipinski definition) is 1. The summed E-state index contributed by atoms with van der Waals surface area (Å²) in [5.41, 5.74) is 1.27. The molecule has 1 aromatic carbocycles. The van der Waals surface area contributed by atoms with Gasteiger partial charge in [0, 0.05) is 31.3 Å². The minimum atomic E-state index is 0.738. The highest BCUT2D eigenvalue weighted by molar-refractivity contribution is 7.99. The van der Waals surface area contributed by atoms with Gasteiger partial charge in [0.25, 0.3) is 0 Å². The predicted octanol–water partition coefficient (Wildman–Crippen LogP) is 2.36. The molecule has 0 amide bonds. The van der Waals surface area contributed by atoms with Gasteiger partial charge in [0.2, 0.25) is 0 Å². The molecule has 2 rings (SSSR count). The van der Waals surface area contributed by atoms with E-state index in [4.69, 9.17) is 4.74 Å². The number of hydrogen-bond acceptors (Lipinski definition) is 5. The lowest BCUT2D eigenvalue weighted by Crippen LogP contribution is -2.18. The summed E-state index contributed by atoms with van der Waals surface area (Å²) in [4.78, 5) is 9.28. The Hall–Kier alpha value is -1.43. The summed E-state index contributed by atoms with van der Waals surface area (Å²) in [5, 5.41) is 4.28. The van der Waals surface area contributed by atoms with Crippen LogP contribution >= 0.6 is 11.8 Å². The van der Waals surface area contributed by atoms with Crippen LogP contribution < -0.4 is 5.32 Å². The van der Waals surface area contributed by atoms with E-state index in [0.717, 1.165) is 24.7 Å². The zero-order valence-electron chi connectivity index (χ0n) is 10.9. The van der Waals surface area contributed by atoms with Crippen molar-refractivity contribution in [1.29, 1.82) is 0 Å². The molecule has 0 unspecified atom stereocenters. The standard InChI is InChI=1S/C14H17N3OS/c1-18-9-8-15-10-12-2-4-13(5-3-12)19-14-6-7-16-11-17-14/h2-7,11,15H,8-10H2,1H3. The third kappa shape index (κ3) is 4.98. The predicted molar refractivity (Wildman–Crippen MR) is 76.2 cm³/mol. The molecular formula is C14H17N3OS. The average Bonchev–Trinajstić information content (AvgIpc) is 2.46.